The molecular formula is C18H18N2O3. The first-order valence-electron chi connectivity index (χ1n) is 7.75. The Labute approximate surface area is 134 Å². The lowest BCUT2D eigenvalue weighted by molar-refractivity contribution is 0.170. The number of benzene rings is 2. The van der Waals surface area contributed by atoms with Crippen molar-refractivity contribution in [2.24, 2.45) is 5.10 Å². The molecule has 4 rings (SSSR count). The fourth-order valence-electron chi connectivity index (χ4n) is 3.10. The van der Waals surface area contributed by atoms with Crippen molar-refractivity contribution in [3.63, 3.8) is 0 Å². The molecule has 2 aliphatic rings. The Balaban J connectivity index is 1.63. The van der Waals surface area contributed by atoms with Gasteiger partial charge in [-0.25, -0.2) is 0 Å². The Kier molecular flexibility index (Phi) is 3.33. The molecule has 118 valence electrons. The first kappa shape index (κ1) is 13.9. The largest absolute Gasteiger partial charge is 0.507 e. The number of fused-ring (bicyclic) bond motifs is 1. The van der Waals surface area contributed by atoms with Crippen LogP contribution in [0.5, 0.6) is 17.2 Å². The highest BCUT2D eigenvalue weighted by Crippen LogP contribution is 2.40. The highest BCUT2D eigenvalue weighted by molar-refractivity contribution is 6.03. The van der Waals surface area contributed by atoms with E-state index in [0.29, 0.717) is 0 Å². The van der Waals surface area contributed by atoms with E-state index in [1.54, 1.807) is 6.07 Å². The summed E-state index contributed by atoms with van der Waals surface area (Å²) >= 11 is 0. The van der Waals surface area contributed by atoms with Crippen molar-refractivity contribution in [2.45, 2.75) is 19.4 Å². The van der Waals surface area contributed by atoms with Crippen molar-refractivity contribution in [1.82, 2.24) is 5.01 Å². The molecule has 1 unspecified atom stereocenters. The summed E-state index contributed by atoms with van der Waals surface area (Å²) in [6.45, 7) is 3.19. The van der Waals surface area contributed by atoms with E-state index in [2.05, 4.69) is 6.92 Å². The Bertz CT molecular complexity index is 773. The number of nitrogens with zero attached hydrogens (tertiary/aromatic N) is 2. The van der Waals surface area contributed by atoms with E-state index in [-0.39, 0.29) is 18.6 Å². The minimum Gasteiger partial charge on any atom is -0.507 e. The molecule has 0 bridgehead atoms. The Morgan fingerprint density at radius 1 is 1.13 bits per heavy atom. The molecule has 2 aliphatic heterocycles. The summed E-state index contributed by atoms with van der Waals surface area (Å²) in [5, 5.41) is 16.8. The van der Waals surface area contributed by atoms with E-state index in [9.17, 15) is 5.11 Å². The molecule has 1 N–H and O–H groups in total. The molecule has 2 heterocycles. The van der Waals surface area contributed by atoms with Gasteiger partial charge in [0.05, 0.1) is 11.8 Å². The molecule has 0 saturated carbocycles. The third kappa shape index (κ3) is 2.38. The quantitative estimate of drug-likeness (QED) is 0.945. The molecule has 0 fully saturated rings. The Hall–Kier alpha value is -2.69. The van der Waals surface area contributed by atoms with Crippen LogP contribution in [0.25, 0.3) is 0 Å². The van der Waals surface area contributed by atoms with Gasteiger partial charge in [0.25, 0.3) is 0 Å². The maximum absolute atomic E-state index is 10.0. The van der Waals surface area contributed by atoms with Crippen LogP contribution in [0.4, 0.5) is 0 Å². The van der Waals surface area contributed by atoms with Crippen LogP contribution in [-0.2, 0) is 0 Å². The van der Waals surface area contributed by atoms with Gasteiger partial charge in [0.1, 0.15) is 5.75 Å². The highest BCUT2D eigenvalue weighted by Gasteiger charge is 2.27. The van der Waals surface area contributed by atoms with Crippen molar-refractivity contribution in [1.29, 1.82) is 0 Å². The molecule has 0 aromatic heterocycles. The van der Waals surface area contributed by atoms with Crippen LogP contribution in [0.15, 0.2) is 47.6 Å². The van der Waals surface area contributed by atoms with Gasteiger partial charge in [0, 0.05) is 24.1 Å². The number of ether oxygens (including phenoxy) is 2. The Morgan fingerprint density at radius 3 is 2.87 bits per heavy atom. The topological polar surface area (TPSA) is 54.3 Å². The summed E-state index contributed by atoms with van der Waals surface area (Å²) in [6.07, 6.45) is 0.814. The predicted octanol–water partition coefficient (Wildman–Crippen LogP) is 3.29. The van der Waals surface area contributed by atoms with Crippen LogP contribution in [0.3, 0.4) is 0 Å². The number of hydrogen-bond acceptors (Lipinski definition) is 5. The van der Waals surface area contributed by atoms with Crippen molar-refractivity contribution in [2.75, 3.05) is 13.3 Å². The van der Waals surface area contributed by atoms with Gasteiger partial charge in [0.15, 0.2) is 11.5 Å². The fraction of sp³-hybridized carbons (Fsp3) is 0.278. The molecule has 1 atom stereocenters. The normalized spacial score (nSPS) is 17.3. The minimum atomic E-state index is 0.0787. The van der Waals surface area contributed by atoms with Crippen LogP contribution in [0, 0.1) is 0 Å². The maximum atomic E-state index is 10.0. The van der Waals surface area contributed by atoms with Gasteiger partial charge in [-0.05, 0) is 25.1 Å². The van der Waals surface area contributed by atoms with E-state index in [4.69, 9.17) is 14.6 Å². The molecule has 0 aliphatic carbocycles. The zero-order chi connectivity index (χ0) is 15.8. The van der Waals surface area contributed by atoms with E-state index in [0.717, 1.165) is 41.3 Å². The molecule has 23 heavy (non-hydrogen) atoms. The smallest absolute Gasteiger partial charge is 0.231 e. The van der Waals surface area contributed by atoms with E-state index in [1.165, 1.54) is 0 Å². The zero-order valence-corrected chi connectivity index (χ0v) is 12.9. The predicted molar refractivity (Wildman–Crippen MR) is 86.9 cm³/mol. The van der Waals surface area contributed by atoms with Crippen molar-refractivity contribution >= 4 is 5.71 Å². The summed E-state index contributed by atoms with van der Waals surface area (Å²) in [7, 11) is 0. The molecule has 2 aromatic rings. The summed E-state index contributed by atoms with van der Waals surface area (Å²) in [5.74, 6) is 1.88. The summed E-state index contributed by atoms with van der Waals surface area (Å²) in [4.78, 5) is 0. The Morgan fingerprint density at radius 2 is 2.00 bits per heavy atom. The molecule has 5 heteroatoms. The van der Waals surface area contributed by atoms with Gasteiger partial charge >= 0.3 is 0 Å². The molecular weight excluding hydrogens is 292 g/mol. The molecule has 0 radical (unpaired) electrons. The molecule has 0 saturated heterocycles. The lowest BCUT2D eigenvalue weighted by Crippen LogP contribution is -2.19. The number of rotatable bonds is 3. The second kappa shape index (κ2) is 5.50. The second-order valence-electron chi connectivity index (χ2n) is 5.73. The van der Waals surface area contributed by atoms with Gasteiger partial charge in [0.2, 0.25) is 6.79 Å². The molecule has 0 spiro atoms. The van der Waals surface area contributed by atoms with Crippen molar-refractivity contribution < 1.29 is 14.6 Å². The molecule has 2 aromatic carbocycles. The average molecular weight is 310 g/mol. The number of phenolic OH excluding ortho intramolecular Hbond substituents is 1. The van der Waals surface area contributed by atoms with Crippen LogP contribution in [-0.4, -0.2) is 29.2 Å². The van der Waals surface area contributed by atoms with Crippen LogP contribution >= 0.6 is 0 Å². The summed E-state index contributed by atoms with van der Waals surface area (Å²) in [6, 6.07) is 13.3. The van der Waals surface area contributed by atoms with Gasteiger partial charge in [-0.15, -0.1) is 0 Å². The van der Waals surface area contributed by atoms with Gasteiger partial charge in [-0.3, -0.25) is 5.01 Å². The number of para-hydroxylation sites is 2. The van der Waals surface area contributed by atoms with Gasteiger partial charge in [-0.2, -0.15) is 5.10 Å². The number of aromatic hydroxyl groups is 1. The molecule has 0 amide bonds. The van der Waals surface area contributed by atoms with E-state index >= 15 is 0 Å². The van der Waals surface area contributed by atoms with Gasteiger partial charge < -0.3 is 14.6 Å². The third-order valence-electron chi connectivity index (χ3n) is 4.37. The minimum absolute atomic E-state index is 0.0787. The average Bonchev–Trinajstić information content (AvgIpc) is 3.23. The van der Waals surface area contributed by atoms with E-state index in [1.807, 2.05) is 41.4 Å². The van der Waals surface area contributed by atoms with Crippen LogP contribution in [0.1, 0.15) is 30.5 Å². The number of hydrogen-bond donors (Lipinski definition) is 1. The lowest BCUT2D eigenvalue weighted by Gasteiger charge is -2.23. The lowest BCUT2D eigenvalue weighted by atomic mass is 10.1. The van der Waals surface area contributed by atoms with E-state index < -0.39 is 0 Å². The SMILES string of the molecule is CC(c1cccc2c1OCO2)N1CCC(c2ccccc2O)=N1. The monoisotopic (exact) mass is 310 g/mol. The number of hydrazone groups is 1. The first-order valence-corrected chi connectivity index (χ1v) is 7.75. The van der Waals surface area contributed by atoms with Crippen molar-refractivity contribution in [3.05, 3.63) is 53.6 Å². The number of phenols is 1. The maximum Gasteiger partial charge on any atom is 0.231 e. The van der Waals surface area contributed by atoms with Crippen molar-refractivity contribution in [3.8, 4) is 17.2 Å². The zero-order valence-electron chi connectivity index (χ0n) is 12.9. The van der Waals surface area contributed by atoms with Crippen LogP contribution < -0.4 is 9.47 Å². The fourth-order valence-corrected chi connectivity index (χ4v) is 3.10. The van der Waals surface area contributed by atoms with Crippen LogP contribution in [0.2, 0.25) is 0 Å². The molecule has 5 nitrogen and oxygen atoms in total. The summed E-state index contributed by atoms with van der Waals surface area (Å²) < 4.78 is 11.1. The standard InChI is InChI=1S/C18H18N2O3/c1-12(13-6-4-8-17-18(13)23-11-22-17)20-10-9-15(19-20)14-5-2-3-7-16(14)21/h2-8,12,21H,9-11H2,1H3. The summed E-state index contributed by atoms with van der Waals surface area (Å²) in [5.41, 5.74) is 2.79. The first-order chi connectivity index (χ1) is 11.2. The van der Waals surface area contributed by atoms with Gasteiger partial charge in [-0.1, -0.05) is 24.3 Å². The third-order valence-corrected chi connectivity index (χ3v) is 4.37. The second-order valence-corrected chi connectivity index (χ2v) is 5.73. The highest BCUT2D eigenvalue weighted by atomic mass is 16.7.